The molecule has 1 aromatic carbocycles. The number of benzene rings is 1. The number of rotatable bonds is 3. The van der Waals surface area contributed by atoms with Crippen molar-refractivity contribution in [1.29, 1.82) is 0 Å². The summed E-state index contributed by atoms with van der Waals surface area (Å²) in [6, 6.07) is 4.84. The topological polar surface area (TPSA) is 67.9 Å². The van der Waals surface area contributed by atoms with Crippen molar-refractivity contribution < 1.29 is 19.1 Å². The summed E-state index contributed by atoms with van der Waals surface area (Å²) in [5.41, 5.74) is 0.621. The van der Waals surface area contributed by atoms with E-state index >= 15 is 0 Å². The molecule has 114 valence electrons. The summed E-state index contributed by atoms with van der Waals surface area (Å²) >= 11 is 5.97. The molecule has 0 aromatic heterocycles. The first-order valence-electron chi connectivity index (χ1n) is 6.59. The average molecular weight is 313 g/mol. The molecule has 6 nitrogen and oxygen atoms in total. The lowest BCUT2D eigenvalue weighted by molar-refractivity contribution is -0.140. The molecule has 0 fully saturated rings. The van der Waals surface area contributed by atoms with Gasteiger partial charge in [-0.2, -0.15) is 0 Å². The van der Waals surface area contributed by atoms with Gasteiger partial charge in [0, 0.05) is 11.6 Å². The van der Waals surface area contributed by atoms with Crippen LogP contribution in [0, 0.1) is 0 Å². The van der Waals surface area contributed by atoms with E-state index in [9.17, 15) is 9.59 Å². The molecule has 0 radical (unpaired) electrons. The first-order valence-corrected chi connectivity index (χ1v) is 6.97. The highest BCUT2D eigenvalue weighted by molar-refractivity contribution is 6.31. The summed E-state index contributed by atoms with van der Waals surface area (Å²) in [5, 5.41) is 3.21. The van der Waals surface area contributed by atoms with Crippen LogP contribution in [0.4, 0.5) is 10.5 Å². The number of carbonyl (C=O) groups is 2. The van der Waals surface area contributed by atoms with Gasteiger partial charge in [0.2, 0.25) is 0 Å². The van der Waals surface area contributed by atoms with Crippen LogP contribution in [0.15, 0.2) is 18.2 Å². The molecule has 0 spiro atoms. The monoisotopic (exact) mass is 312 g/mol. The second-order valence-electron chi connectivity index (χ2n) is 4.71. The minimum absolute atomic E-state index is 0.120. The number of hydrogen-bond acceptors (Lipinski definition) is 4. The normalized spacial score (nSPS) is 16.7. The molecule has 0 saturated heterocycles. The molecule has 1 aliphatic heterocycles. The van der Waals surface area contributed by atoms with Gasteiger partial charge < -0.3 is 14.8 Å². The van der Waals surface area contributed by atoms with Crippen LogP contribution in [-0.4, -0.2) is 38.3 Å². The van der Waals surface area contributed by atoms with Crippen LogP contribution in [-0.2, 0) is 9.53 Å². The van der Waals surface area contributed by atoms with Gasteiger partial charge in [0.25, 0.3) is 0 Å². The molecule has 1 aliphatic rings. The quantitative estimate of drug-likeness (QED) is 0.869. The van der Waals surface area contributed by atoms with Crippen LogP contribution in [0.25, 0.3) is 0 Å². The molecule has 1 aromatic rings. The molecule has 0 unspecified atom stereocenters. The minimum atomic E-state index is -0.367. The Kier molecular flexibility index (Phi) is 4.90. The van der Waals surface area contributed by atoms with E-state index in [-0.39, 0.29) is 31.1 Å². The lowest BCUT2D eigenvalue weighted by Crippen LogP contribution is -2.47. The molecular weight excluding hydrogens is 296 g/mol. The smallest absolute Gasteiger partial charge is 0.322 e. The number of urea groups is 1. The van der Waals surface area contributed by atoms with Gasteiger partial charge in [-0.1, -0.05) is 11.6 Å². The number of ether oxygens (including phenoxy) is 2. The minimum Gasteiger partial charge on any atom is -0.487 e. The third-order valence-corrected chi connectivity index (χ3v) is 3.29. The van der Waals surface area contributed by atoms with Crippen molar-refractivity contribution in [3.05, 3.63) is 23.2 Å². The molecule has 1 heterocycles. The number of fused-ring (bicyclic) bond motifs is 1. The molecule has 0 bridgehead atoms. The Bertz CT molecular complexity index is 550. The fourth-order valence-electron chi connectivity index (χ4n) is 2.07. The second-order valence-corrected chi connectivity index (χ2v) is 5.15. The van der Waals surface area contributed by atoms with E-state index in [2.05, 4.69) is 10.1 Å². The van der Waals surface area contributed by atoms with Gasteiger partial charge >= 0.3 is 12.0 Å². The molecule has 0 saturated carbocycles. The molecule has 1 N–H and O–H groups in total. The fraction of sp³-hybridized carbons (Fsp3) is 0.429. The van der Waals surface area contributed by atoms with Crippen molar-refractivity contribution in [2.24, 2.45) is 0 Å². The Labute approximate surface area is 128 Å². The standard InChI is InChI=1S/C14H17ClN2O4/c1-9-8-17(14(19)16-6-5-13(18)20-2)11-7-10(15)3-4-12(11)21-9/h3-4,7,9H,5-6,8H2,1-2H3,(H,16,19)/t9-/m1/s1. The molecule has 0 aliphatic carbocycles. The van der Waals surface area contributed by atoms with Crippen molar-refractivity contribution in [2.45, 2.75) is 19.4 Å². The highest BCUT2D eigenvalue weighted by Crippen LogP contribution is 2.35. The first kappa shape index (κ1) is 15.4. The Hall–Kier alpha value is -1.95. The predicted molar refractivity (Wildman–Crippen MR) is 78.9 cm³/mol. The van der Waals surface area contributed by atoms with Crippen LogP contribution in [0.1, 0.15) is 13.3 Å². The number of halogens is 1. The SMILES string of the molecule is COC(=O)CCNC(=O)N1C[C@@H](C)Oc2ccc(Cl)cc21. The highest BCUT2D eigenvalue weighted by Gasteiger charge is 2.27. The first-order chi connectivity index (χ1) is 10.0. The lowest BCUT2D eigenvalue weighted by atomic mass is 10.2. The average Bonchev–Trinajstić information content (AvgIpc) is 2.46. The van der Waals surface area contributed by atoms with Crippen molar-refractivity contribution in [3.63, 3.8) is 0 Å². The molecule has 21 heavy (non-hydrogen) atoms. The van der Waals surface area contributed by atoms with Gasteiger partial charge in [0.1, 0.15) is 11.9 Å². The number of esters is 1. The third kappa shape index (κ3) is 3.78. The maximum atomic E-state index is 12.3. The molecular formula is C14H17ClN2O4. The van der Waals surface area contributed by atoms with E-state index in [4.69, 9.17) is 16.3 Å². The number of nitrogens with zero attached hydrogens (tertiary/aromatic N) is 1. The van der Waals surface area contributed by atoms with Crippen LogP contribution in [0.3, 0.4) is 0 Å². The van der Waals surface area contributed by atoms with Gasteiger partial charge in [0.15, 0.2) is 0 Å². The number of amides is 2. The van der Waals surface area contributed by atoms with Crippen LogP contribution in [0.2, 0.25) is 5.02 Å². The van der Waals surface area contributed by atoms with Gasteiger partial charge in [0.05, 0.1) is 25.8 Å². The summed E-state index contributed by atoms with van der Waals surface area (Å²) < 4.78 is 10.2. The Morgan fingerprint density at radius 3 is 3.00 bits per heavy atom. The molecule has 7 heteroatoms. The van der Waals surface area contributed by atoms with E-state index in [0.29, 0.717) is 23.0 Å². The summed E-state index contributed by atoms with van der Waals surface area (Å²) in [6.07, 6.45) is 0.00916. The van der Waals surface area contributed by atoms with E-state index in [1.165, 1.54) is 7.11 Å². The van der Waals surface area contributed by atoms with Gasteiger partial charge in [-0.25, -0.2) is 4.79 Å². The molecule has 2 amide bonds. The largest absolute Gasteiger partial charge is 0.487 e. The lowest BCUT2D eigenvalue weighted by Gasteiger charge is -2.33. The Balaban J connectivity index is 2.07. The van der Waals surface area contributed by atoms with Crippen LogP contribution in [0.5, 0.6) is 5.75 Å². The third-order valence-electron chi connectivity index (χ3n) is 3.06. The summed E-state index contributed by atoms with van der Waals surface area (Å²) in [6.45, 7) is 2.51. The van der Waals surface area contributed by atoms with Crippen molar-refractivity contribution in [1.82, 2.24) is 5.32 Å². The van der Waals surface area contributed by atoms with Crippen molar-refractivity contribution in [3.8, 4) is 5.75 Å². The van der Waals surface area contributed by atoms with E-state index < -0.39 is 0 Å². The van der Waals surface area contributed by atoms with Crippen LogP contribution < -0.4 is 15.0 Å². The van der Waals surface area contributed by atoms with Crippen molar-refractivity contribution in [2.75, 3.05) is 25.1 Å². The van der Waals surface area contributed by atoms with E-state index in [0.717, 1.165) is 0 Å². The fourth-order valence-corrected chi connectivity index (χ4v) is 2.24. The number of carbonyl (C=O) groups excluding carboxylic acids is 2. The van der Waals surface area contributed by atoms with Gasteiger partial charge in [-0.05, 0) is 25.1 Å². The maximum absolute atomic E-state index is 12.3. The predicted octanol–water partition coefficient (Wildman–Crippen LogP) is 2.20. The van der Waals surface area contributed by atoms with Gasteiger partial charge in [-0.3, -0.25) is 9.69 Å². The zero-order chi connectivity index (χ0) is 15.4. The second kappa shape index (κ2) is 6.67. The zero-order valence-electron chi connectivity index (χ0n) is 11.9. The summed E-state index contributed by atoms with van der Waals surface area (Å²) in [7, 11) is 1.31. The zero-order valence-corrected chi connectivity index (χ0v) is 12.6. The number of nitrogens with one attached hydrogen (secondary N) is 1. The Morgan fingerprint density at radius 1 is 1.52 bits per heavy atom. The van der Waals surface area contributed by atoms with Gasteiger partial charge in [-0.15, -0.1) is 0 Å². The maximum Gasteiger partial charge on any atom is 0.322 e. The molecule has 2 rings (SSSR count). The molecule has 1 atom stereocenters. The van der Waals surface area contributed by atoms with E-state index in [1.54, 1.807) is 23.1 Å². The Morgan fingerprint density at radius 2 is 2.29 bits per heavy atom. The van der Waals surface area contributed by atoms with E-state index in [1.807, 2.05) is 6.92 Å². The summed E-state index contributed by atoms with van der Waals surface area (Å²) in [4.78, 5) is 24.9. The number of methoxy groups -OCH3 is 1. The van der Waals surface area contributed by atoms with Crippen LogP contribution >= 0.6 is 11.6 Å². The highest BCUT2D eigenvalue weighted by atomic mass is 35.5. The number of anilines is 1. The number of hydrogen-bond donors (Lipinski definition) is 1. The summed E-state index contributed by atoms with van der Waals surface area (Å²) in [5.74, 6) is 0.246. The van der Waals surface area contributed by atoms with Crippen molar-refractivity contribution >= 4 is 29.3 Å².